The molecule has 2 atom stereocenters. The molecule has 2 unspecified atom stereocenters. The highest BCUT2D eigenvalue weighted by molar-refractivity contribution is 7.88. The molecule has 4 amide bonds. The Morgan fingerprint density at radius 2 is 1.97 bits per heavy atom. The number of carbonyl (C=O) groups excluding carboxylic acids is 3. The third-order valence-corrected chi connectivity index (χ3v) is 6.73. The van der Waals surface area contributed by atoms with Crippen LogP contribution in [0.4, 0.5) is 4.79 Å². The standard InChI is InChI=1S/C19H26N4O6S/c1-19(13-6-8-15(29-2)9-7-13)17(25)23(18(26)21-19)12-16(24)20-14-5-4-10-22(11-14)30(3,27)28/h6-9,14H,4-5,10-12H2,1-3H3,(H,20,24)(H,21,26). The molecule has 30 heavy (non-hydrogen) atoms. The third-order valence-electron chi connectivity index (χ3n) is 5.46. The number of carbonyl (C=O) groups is 3. The van der Waals surface area contributed by atoms with E-state index in [0.717, 1.165) is 11.2 Å². The number of methoxy groups -OCH3 is 1. The van der Waals surface area contributed by atoms with Gasteiger partial charge in [0.25, 0.3) is 5.91 Å². The van der Waals surface area contributed by atoms with Crippen LogP contribution in [0.2, 0.25) is 0 Å². The smallest absolute Gasteiger partial charge is 0.325 e. The molecular weight excluding hydrogens is 412 g/mol. The zero-order valence-corrected chi connectivity index (χ0v) is 18.0. The van der Waals surface area contributed by atoms with Gasteiger partial charge >= 0.3 is 6.03 Å². The molecule has 0 aromatic heterocycles. The van der Waals surface area contributed by atoms with Gasteiger partial charge in [0.2, 0.25) is 15.9 Å². The summed E-state index contributed by atoms with van der Waals surface area (Å²) in [6, 6.07) is 5.72. The van der Waals surface area contributed by atoms with Crippen LogP contribution in [0, 0.1) is 0 Å². The average molecular weight is 439 g/mol. The van der Waals surface area contributed by atoms with Crippen LogP contribution in [0.25, 0.3) is 0 Å². The Balaban J connectivity index is 1.65. The van der Waals surface area contributed by atoms with E-state index in [1.165, 1.54) is 11.4 Å². The fourth-order valence-corrected chi connectivity index (χ4v) is 4.65. The molecule has 1 aromatic carbocycles. The highest BCUT2D eigenvalue weighted by atomic mass is 32.2. The minimum Gasteiger partial charge on any atom is -0.497 e. The van der Waals surface area contributed by atoms with Crippen molar-refractivity contribution >= 4 is 27.9 Å². The van der Waals surface area contributed by atoms with Crippen LogP contribution in [0.1, 0.15) is 25.3 Å². The molecule has 2 saturated heterocycles. The monoisotopic (exact) mass is 438 g/mol. The van der Waals surface area contributed by atoms with Gasteiger partial charge in [-0.25, -0.2) is 17.5 Å². The quantitative estimate of drug-likeness (QED) is 0.603. The van der Waals surface area contributed by atoms with Crippen LogP contribution in [-0.2, 0) is 25.2 Å². The summed E-state index contributed by atoms with van der Waals surface area (Å²) >= 11 is 0. The lowest BCUT2D eigenvalue weighted by Crippen LogP contribution is -2.51. The van der Waals surface area contributed by atoms with E-state index in [1.54, 1.807) is 31.2 Å². The summed E-state index contributed by atoms with van der Waals surface area (Å²) in [6.45, 7) is 1.73. The van der Waals surface area contributed by atoms with Crippen LogP contribution in [-0.4, -0.2) is 74.5 Å². The van der Waals surface area contributed by atoms with Crippen LogP contribution in [0.15, 0.2) is 24.3 Å². The van der Waals surface area contributed by atoms with E-state index in [1.807, 2.05) is 0 Å². The minimum atomic E-state index is -3.34. The maximum atomic E-state index is 12.9. The summed E-state index contributed by atoms with van der Waals surface area (Å²) < 4.78 is 29.9. The first kappa shape index (κ1) is 22.0. The summed E-state index contributed by atoms with van der Waals surface area (Å²) in [6.07, 6.45) is 2.38. The average Bonchev–Trinajstić information content (AvgIpc) is 2.91. The summed E-state index contributed by atoms with van der Waals surface area (Å²) in [5.74, 6) is -0.432. The van der Waals surface area contributed by atoms with Crippen molar-refractivity contribution in [3.05, 3.63) is 29.8 Å². The zero-order chi connectivity index (χ0) is 22.1. The van der Waals surface area contributed by atoms with E-state index in [4.69, 9.17) is 4.74 Å². The van der Waals surface area contributed by atoms with Crippen LogP contribution in [0.5, 0.6) is 5.75 Å². The molecule has 0 spiro atoms. The summed E-state index contributed by atoms with van der Waals surface area (Å²) in [5.41, 5.74) is -0.720. The second kappa shape index (κ2) is 8.23. The van der Waals surface area contributed by atoms with Gasteiger partial charge in [0.1, 0.15) is 17.8 Å². The molecule has 164 valence electrons. The summed E-state index contributed by atoms with van der Waals surface area (Å²) in [7, 11) is -1.81. The number of nitrogens with one attached hydrogen (secondary N) is 2. The largest absolute Gasteiger partial charge is 0.497 e. The lowest BCUT2D eigenvalue weighted by atomic mass is 9.92. The number of urea groups is 1. The van der Waals surface area contributed by atoms with Gasteiger partial charge in [-0.1, -0.05) is 12.1 Å². The number of amides is 4. The number of ether oxygens (including phenoxy) is 1. The number of hydrogen-bond donors (Lipinski definition) is 2. The molecule has 2 aliphatic heterocycles. The van der Waals surface area contributed by atoms with Gasteiger partial charge in [-0.2, -0.15) is 0 Å². The molecule has 1 aromatic rings. The fraction of sp³-hybridized carbons (Fsp3) is 0.526. The number of imide groups is 1. The van der Waals surface area contributed by atoms with E-state index in [-0.39, 0.29) is 12.6 Å². The number of sulfonamides is 1. The Morgan fingerprint density at radius 3 is 2.57 bits per heavy atom. The molecule has 2 N–H and O–H groups in total. The summed E-state index contributed by atoms with van der Waals surface area (Å²) in [4.78, 5) is 38.7. The molecule has 0 bridgehead atoms. The molecular formula is C19H26N4O6S. The number of hydrogen-bond acceptors (Lipinski definition) is 6. The van der Waals surface area contributed by atoms with Crippen molar-refractivity contribution < 1.29 is 27.5 Å². The first-order chi connectivity index (χ1) is 14.0. The minimum absolute atomic E-state index is 0.175. The van der Waals surface area contributed by atoms with E-state index in [0.29, 0.717) is 30.7 Å². The Hall–Kier alpha value is -2.66. The second-order valence-corrected chi connectivity index (χ2v) is 9.69. The van der Waals surface area contributed by atoms with Crippen LogP contribution < -0.4 is 15.4 Å². The van der Waals surface area contributed by atoms with Gasteiger partial charge in [-0.15, -0.1) is 0 Å². The first-order valence-electron chi connectivity index (χ1n) is 9.57. The molecule has 0 aliphatic carbocycles. The Kier molecular flexibility index (Phi) is 6.04. The van der Waals surface area contributed by atoms with Crippen molar-refractivity contribution in [3.63, 3.8) is 0 Å². The van der Waals surface area contributed by atoms with E-state index in [9.17, 15) is 22.8 Å². The molecule has 0 saturated carbocycles. The first-order valence-corrected chi connectivity index (χ1v) is 11.4. The molecule has 2 heterocycles. The Morgan fingerprint density at radius 1 is 1.30 bits per heavy atom. The highest BCUT2D eigenvalue weighted by Crippen LogP contribution is 2.29. The molecule has 11 heteroatoms. The Bertz CT molecular complexity index is 948. The van der Waals surface area contributed by atoms with E-state index in [2.05, 4.69) is 10.6 Å². The van der Waals surface area contributed by atoms with Gasteiger partial charge in [-0.05, 0) is 37.5 Å². The van der Waals surface area contributed by atoms with Crippen molar-refractivity contribution in [1.82, 2.24) is 19.8 Å². The summed E-state index contributed by atoms with van der Waals surface area (Å²) in [5, 5.41) is 5.38. The molecule has 0 radical (unpaired) electrons. The number of piperidine rings is 1. The Labute approximate surface area is 175 Å². The van der Waals surface area contributed by atoms with Crippen molar-refractivity contribution in [2.75, 3.05) is 33.0 Å². The molecule has 2 aliphatic rings. The van der Waals surface area contributed by atoms with Crippen molar-refractivity contribution in [2.45, 2.75) is 31.3 Å². The van der Waals surface area contributed by atoms with Crippen LogP contribution in [0.3, 0.4) is 0 Å². The molecule has 3 rings (SSSR count). The van der Waals surface area contributed by atoms with Crippen LogP contribution >= 0.6 is 0 Å². The van der Waals surface area contributed by atoms with Gasteiger partial charge in [0.05, 0.1) is 13.4 Å². The molecule has 10 nitrogen and oxygen atoms in total. The van der Waals surface area contributed by atoms with Crippen molar-refractivity contribution in [3.8, 4) is 5.75 Å². The normalized spacial score (nSPS) is 25.2. The number of nitrogens with zero attached hydrogens (tertiary/aromatic N) is 2. The van der Waals surface area contributed by atoms with Gasteiger partial charge in [0, 0.05) is 19.1 Å². The number of benzene rings is 1. The molecule has 2 fully saturated rings. The predicted octanol–water partition coefficient (Wildman–Crippen LogP) is 0.00240. The second-order valence-electron chi connectivity index (χ2n) is 7.70. The van der Waals surface area contributed by atoms with E-state index >= 15 is 0 Å². The highest BCUT2D eigenvalue weighted by Gasteiger charge is 2.49. The SMILES string of the molecule is COc1ccc(C2(C)NC(=O)N(CC(=O)NC3CCCN(S(C)(=O)=O)C3)C2=O)cc1. The van der Waals surface area contributed by atoms with E-state index < -0.39 is 40.0 Å². The maximum absolute atomic E-state index is 12.9. The number of rotatable bonds is 6. The van der Waals surface area contributed by atoms with Crippen molar-refractivity contribution in [2.24, 2.45) is 0 Å². The van der Waals surface area contributed by atoms with Crippen molar-refractivity contribution in [1.29, 1.82) is 0 Å². The van der Waals surface area contributed by atoms with Gasteiger partial charge < -0.3 is 15.4 Å². The maximum Gasteiger partial charge on any atom is 0.325 e. The topological polar surface area (TPSA) is 125 Å². The lowest BCUT2D eigenvalue weighted by molar-refractivity contribution is -0.135. The lowest BCUT2D eigenvalue weighted by Gasteiger charge is -2.31. The van der Waals surface area contributed by atoms with Gasteiger partial charge in [0.15, 0.2) is 0 Å². The zero-order valence-electron chi connectivity index (χ0n) is 17.2. The van der Waals surface area contributed by atoms with Gasteiger partial charge in [-0.3, -0.25) is 14.5 Å². The fourth-order valence-electron chi connectivity index (χ4n) is 3.74. The third kappa shape index (κ3) is 4.41. The predicted molar refractivity (Wildman–Crippen MR) is 108 cm³/mol.